The van der Waals surface area contributed by atoms with Gasteiger partial charge in [-0.2, -0.15) is 5.26 Å². The van der Waals surface area contributed by atoms with Crippen molar-refractivity contribution in [1.82, 2.24) is 0 Å². The van der Waals surface area contributed by atoms with E-state index in [9.17, 15) is 4.79 Å². The SMILES string of the molecule is C[N+](C)(Cc1ccc(NC(=O)c2cccc(C#N)c2)cc1)C1CCOCC1.[I-]. The van der Waals surface area contributed by atoms with E-state index in [1.807, 2.05) is 12.1 Å². The van der Waals surface area contributed by atoms with Gasteiger partial charge in [0, 0.05) is 29.7 Å². The van der Waals surface area contributed by atoms with E-state index in [4.69, 9.17) is 10.00 Å². The maximum Gasteiger partial charge on any atom is 0.255 e. The molecule has 1 aliphatic heterocycles. The van der Waals surface area contributed by atoms with Gasteiger partial charge in [-0.05, 0) is 30.3 Å². The molecule has 1 aliphatic rings. The summed E-state index contributed by atoms with van der Waals surface area (Å²) in [5.74, 6) is -0.210. The predicted molar refractivity (Wildman–Crippen MR) is 105 cm³/mol. The van der Waals surface area contributed by atoms with Crippen LogP contribution in [0.3, 0.4) is 0 Å². The van der Waals surface area contributed by atoms with Gasteiger partial charge in [-0.3, -0.25) is 4.79 Å². The molecule has 0 radical (unpaired) electrons. The lowest BCUT2D eigenvalue weighted by molar-refractivity contribution is -0.929. The molecule has 5 nitrogen and oxygen atoms in total. The van der Waals surface area contributed by atoms with Crippen LogP contribution in [-0.4, -0.2) is 43.7 Å². The van der Waals surface area contributed by atoms with E-state index in [0.717, 1.165) is 42.8 Å². The van der Waals surface area contributed by atoms with Crippen molar-refractivity contribution in [3.05, 3.63) is 65.2 Å². The zero-order chi connectivity index (χ0) is 19.3. The van der Waals surface area contributed by atoms with Gasteiger partial charge in [0.1, 0.15) is 6.54 Å². The normalized spacial score (nSPS) is 14.6. The third-order valence-corrected chi connectivity index (χ3v) is 5.24. The lowest BCUT2D eigenvalue weighted by Crippen LogP contribution is -3.00. The van der Waals surface area contributed by atoms with Gasteiger partial charge in [0.2, 0.25) is 0 Å². The summed E-state index contributed by atoms with van der Waals surface area (Å²) in [6.07, 6.45) is 2.20. The number of amides is 1. The minimum Gasteiger partial charge on any atom is -1.00 e. The molecule has 1 N–H and O–H groups in total. The Hall–Kier alpha value is -1.95. The molecule has 148 valence electrons. The lowest BCUT2D eigenvalue weighted by atomic mass is 10.0. The lowest BCUT2D eigenvalue weighted by Gasteiger charge is -2.40. The number of rotatable bonds is 5. The molecule has 1 heterocycles. The minimum absolute atomic E-state index is 0. The Morgan fingerprint density at radius 2 is 1.86 bits per heavy atom. The van der Waals surface area contributed by atoms with Crippen LogP contribution in [0.1, 0.15) is 34.3 Å². The topological polar surface area (TPSA) is 62.1 Å². The van der Waals surface area contributed by atoms with E-state index < -0.39 is 0 Å². The monoisotopic (exact) mass is 491 g/mol. The van der Waals surface area contributed by atoms with E-state index in [1.165, 1.54) is 5.56 Å². The summed E-state index contributed by atoms with van der Waals surface area (Å²) in [5, 5.41) is 11.9. The molecule has 6 heteroatoms. The molecule has 28 heavy (non-hydrogen) atoms. The molecule has 0 unspecified atom stereocenters. The van der Waals surface area contributed by atoms with Crippen molar-refractivity contribution >= 4 is 11.6 Å². The average Bonchev–Trinajstić information content (AvgIpc) is 2.70. The Labute approximate surface area is 183 Å². The molecule has 0 aromatic heterocycles. The molecule has 0 spiro atoms. The summed E-state index contributed by atoms with van der Waals surface area (Å²) in [7, 11) is 4.54. The smallest absolute Gasteiger partial charge is 0.255 e. The fraction of sp³-hybridized carbons (Fsp3) is 0.364. The highest BCUT2D eigenvalue weighted by atomic mass is 127. The number of halogens is 1. The standard InChI is InChI=1S/C22H25N3O2.HI/c1-25(2,21-10-12-27-13-11-21)16-17-6-8-20(9-7-17)24-22(26)19-5-3-4-18(14-19)15-23;/h3-9,14,21H,10-13,16H2,1-2H3;1H. The number of nitrogens with zero attached hydrogens (tertiary/aromatic N) is 2. The van der Waals surface area contributed by atoms with Crippen molar-refractivity contribution in [1.29, 1.82) is 5.26 Å². The third kappa shape index (κ3) is 5.77. The number of carbonyl (C=O) groups is 1. The van der Waals surface area contributed by atoms with E-state index >= 15 is 0 Å². The highest BCUT2D eigenvalue weighted by Gasteiger charge is 2.30. The van der Waals surface area contributed by atoms with Crippen LogP contribution in [0.2, 0.25) is 0 Å². The second-order valence-corrected chi connectivity index (χ2v) is 7.62. The van der Waals surface area contributed by atoms with Gasteiger partial charge < -0.3 is 38.5 Å². The van der Waals surface area contributed by atoms with Gasteiger partial charge >= 0.3 is 0 Å². The Morgan fingerprint density at radius 1 is 1.18 bits per heavy atom. The largest absolute Gasteiger partial charge is 1.00 e. The Balaban J connectivity index is 0.00000280. The number of anilines is 1. The first-order valence-electron chi connectivity index (χ1n) is 9.29. The van der Waals surface area contributed by atoms with Gasteiger partial charge in [0.05, 0.1) is 45.0 Å². The summed E-state index contributed by atoms with van der Waals surface area (Å²) in [6.45, 7) is 2.65. The molecule has 0 atom stereocenters. The van der Waals surface area contributed by atoms with Gasteiger partial charge in [0.25, 0.3) is 5.91 Å². The fourth-order valence-electron chi connectivity index (χ4n) is 3.61. The summed E-state index contributed by atoms with van der Waals surface area (Å²) < 4.78 is 6.42. The Bertz CT molecular complexity index is 838. The van der Waals surface area contributed by atoms with Gasteiger partial charge in [-0.1, -0.05) is 18.2 Å². The molecule has 0 aliphatic carbocycles. The Kier molecular flexibility index (Phi) is 7.98. The zero-order valence-corrected chi connectivity index (χ0v) is 18.5. The van der Waals surface area contributed by atoms with Crippen LogP contribution in [0.15, 0.2) is 48.5 Å². The molecule has 0 saturated carbocycles. The van der Waals surface area contributed by atoms with Crippen LogP contribution in [0.25, 0.3) is 0 Å². The fourth-order valence-corrected chi connectivity index (χ4v) is 3.61. The van der Waals surface area contributed by atoms with Crippen LogP contribution in [0.5, 0.6) is 0 Å². The van der Waals surface area contributed by atoms with Crippen molar-refractivity contribution < 1.29 is 38.0 Å². The first-order chi connectivity index (χ1) is 13.0. The molecule has 1 amide bonds. The zero-order valence-electron chi connectivity index (χ0n) is 16.3. The van der Waals surface area contributed by atoms with Crippen LogP contribution < -0.4 is 29.3 Å². The number of hydrogen-bond donors (Lipinski definition) is 1. The predicted octanol–water partition coefficient (Wildman–Crippen LogP) is 0.570. The van der Waals surface area contributed by atoms with Crippen molar-refractivity contribution in [2.45, 2.75) is 25.4 Å². The van der Waals surface area contributed by atoms with Gasteiger partial charge in [-0.25, -0.2) is 0 Å². The van der Waals surface area contributed by atoms with Crippen LogP contribution >= 0.6 is 0 Å². The van der Waals surface area contributed by atoms with Crippen LogP contribution in [0.4, 0.5) is 5.69 Å². The summed E-state index contributed by atoms with van der Waals surface area (Å²) in [6, 6.07) is 17.4. The number of quaternary nitrogens is 1. The number of nitrogens with one attached hydrogen (secondary N) is 1. The molecular weight excluding hydrogens is 465 g/mol. The van der Waals surface area contributed by atoms with E-state index in [1.54, 1.807) is 24.3 Å². The molecular formula is C22H26IN3O2. The van der Waals surface area contributed by atoms with Crippen molar-refractivity contribution in [3.8, 4) is 6.07 Å². The quantitative estimate of drug-likeness (QED) is 0.492. The maximum atomic E-state index is 12.4. The van der Waals surface area contributed by atoms with Gasteiger partial charge in [0.15, 0.2) is 0 Å². The van der Waals surface area contributed by atoms with E-state index in [-0.39, 0.29) is 29.9 Å². The Morgan fingerprint density at radius 3 is 2.50 bits per heavy atom. The highest BCUT2D eigenvalue weighted by Crippen LogP contribution is 2.23. The molecule has 2 aromatic carbocycles. The summed E-state index contributed by atoms with van der Waals surface area (Å²) >= 11 is 0. The number of nitriles is 1. The first kappa shape index (κ1) is 22.3. The third-order valence-electron chi connectivity index (χ3n) is 5.24. The first-order valence-corrected chi connectivity index (χ1v) is 9.29. The number of ether oxygens (including phenoxy) is 1. The molecule has 3 rings (SSSR count). The molecule has 1 saturated heterocycles. The average molecular weight is 491 g/mol. The molecule has 1 fully saturated rings. The second-order valence-electron chi connectivity index (χ2n) is 7.62. The van der Waals surface area contributed by atoms with E-state index in [0.29, 0.717) is 17.2 Å². The van der Waals surface area contributed by atoms with Crippen LogP contribution in [-0.2, 0) is 11.3 Å². The van der Waals surface area contributed by atoms with Crippen LogP contribution in [0, 0.1) is 11.3 Å². The van der Waals surface area contributed by atoms with Crippen molar-refractivity contribution in [2.24, 2.45) is 0 Å². The number of hydrogen-bond acceptors (Lipinski definition) is 3. The minimum atomic E-state index is -0.210. The summed E-state index contributed by atoms with van der Waals surface area (Å²) in [4.78, 5) is 12.4. The van der Waals surface area contributed by atoms with Gasteiger partial charge in [-0.15, -0.1) is 0 Å². The molecule has 2 aromatic rings. The van der Waals surface area contributed by atoms with E-state index in [2.05, 4.69) is 37.6 Å². The van der Waals surface area contributed by atoms with Crippen molar-refractivity contribution in [2.75, 3.05) is 32.6 Å². The second kappa shape index (κ2) is 10.0. The maximum absolute atomic E-state index is 12.4. The van der Waals surface area contributed by atoms with Crippen molar-refractivity contribution in [3.63, 3.8) is 0 Å². The summed E-state index contributed by atoms with van der Waals surface area (Å²) in [5.41, 5.74) is 2.96. The number of benzene rings is 2. The number of carbonyl (C=O) groups excluding carboxylic acids is 1. The highest BCUT2D eigenvalue weighted by molar-refractivity contribution is 6.04. The molecule has 0 bridgehead atoms.